The monoisotopic (exact) mass is 388 g/mol. The Hall–Kier alpha value is -2.41. The standard InChI is InChI=1S/C21H28N2O5/c1-2-15-5-3-4-6-18(15)23-14-16(13-19(23)24)21(27)22(10-7-20(25)26)17-8-11-28-12-9-17/h3-6,16-17H,2,7-14H2,1H3,(H,25,26)/t16-/m1/s1. The largest absolute Gasteiger partial charge is 0.481 e. The molecule has 2 aliphatic rings. The molecule has 28 heavy (non-hydrogen) atoms. The molecule has 0 saturated carbocycles. The van der Waals surface area contributed by atoms with Gasteiger partial charge < -0.3 is 19.6 Å². The molecule has 0 spiro atoms. The fraction of sp³-hybridized carbons (Fsp3) is 0.571. The van der Waals surface area contributed by atoms with Gasteiger partial charge in [0.1, 0.15) is 0 Å². The lowest BCUT2D eigenvalue weighted by molar-refractivity contribution is -0.142. The molecule has 2 aliphatic heterocycles. The van der Waals surface area contributed by atoms with Crippen molar-refractivity contribution in [3.8, 4) is 0 Å². The van der Waals surface area contributed by atoms with E-state index in [4.69, 9.17) is 9.84 Å². The third-order valence-corrected chi connectivity index (χ3v) is 5.62. The molecule has 2 heterocycles. The van der Waals surface area contributed by atoms with Crippen LogP contribution >= 0.6 is 0 Å². The molecular weight excluding hydrogens is 360 g/mol. The fourth-order valence-electron chi connectivity index (χ4n) is 4.10. The molecule has 7 nitrogen and oxygen atoms in total. The number of carboxylic acids is 1. The van der Waals surface area contributed by atoms with Crippen molar-refractivity contribution < 1.29 is 24.2 Å². The molecule has 0 bridgehead atoms. The highest BCUT2D eigenvalue weighted by atomic mass is 16.5. The Kier molecular flexibility index (Phi) is 6.67. The third kappa shape index (κ3) is 4.52. The number of ether oxygens (including phenoxy) is 1. The van der Waals surface area contributed by atoms with Crippen molar-refractivity contribution in [2.24, 2.45) is 5.92 Å². The van der Waals surface area contributed by atoms with Crippen molar-refractivity contribution in [2.45, 2.75) is 45.1 Å². The number of aryl methyl sites for hydroxylation is 1. The van der Waals surface area contributed by atoms with Crippen LogP contribution in [0.15, 0.2) is 24.3 Å². The van der Waals surface area contributed by atoms with Crippen LogP contribution in [0.25, 0.3) is 0 Å². The summed E-state index contributed by atoms with van der Waals surface area (Å²) < 4.78 is 5.38. The van der Waals surface area contributed by atoms with Crippen molar-refractivity contribution in [2.75, 3.05) is 31.2 Å². The number of carbonyl (C=O) groups is 3. The summed E-state index contributed by atoms with van der Waals surface area (Å²) >= 11 is 0. The van der Waals surface area contributed by atoms with Gasteiger partial charge in [0.05, 0.1) is 12.3 Å². The van der Waals surface area contributed by atoms with E-state index < -0.39 is 11.9 Å². The van der Waals surface area contributed by atoms with E-state index in [0.29, 0.717) is 32.6 Å². The quantitative estimate of drug-likeness (QED) is 0.773. The van der Waals surface area contributed by atoms with Gasteiger partial charge in [0, 0.05) is 44.5 Å². The van der Waals surface area contributed by atoms with Gasteiger partial charge in [0.15, 0.2) is 0 Å². The molecule has 1 atom stereocenters. The Morgan fingerprint density at radius 2 is 1.96 bits per heavy atom. The number of anilines is 1. The number of para-hydroxylation sites is 1. The number of rotatable bonds is 7. The summed E-state index contributed by atoms with van der Waals surface area (Å²) in [5, 5.41) is 9.07. The van der Waals surface area contributed by atoms with Gasteiger partial charge in [-0.2, -0.15) is 0 Å². The van der Waals surface area contributed by atoms with Crippen LogP contribution < -0.4 is 4.90 Å². The van der Waals surface area contributed by atoms with Gasteiger partial charge in [0.25, 0.3) is 0 Å². The fourth-order valence-corrected chi connectivity index (χ4v) is 4.10. The topological polar surface area (TPSA) is 87.2 Å². The van der Waals surface area contributed by atoms with Crippen LogP contribution in [0.2, 0.25) is 0 Å². The van der Waals surface area contributed by atoms with Gasteiger partial charge in [-0.3, -0.25) is 14.4 Å². The highest BCUT2D eigenvalue weighted by Gasteiger charge is 2.39. The zero-order valence-corrected chi connectivity index (χ0v) is 16.3. The zero-order chi connectivity index (χ0) is 20.1. The third-order valence-electron chi connectivity index (χ3n) is 5.62. The van der Waals surface area contributed by atoms with E-state index in [1.807, 2.05) is 31.2 Å². The van der Waals surface area contributed by atoms with E-state index in [1.54, 1.807) is 9.80 Å². The summed E-state index contributed by atoms with van der Waals surface area (Å²) in [6.45, 7) is 3.71. The van der Waals surface area contributed by atoms with Crippen molar-refractivity contribution in [1.29, 1.82) is 0 Å². The second-order valence-electron chi connectivity index (χ2n) is 7.41. The van der Waals surface area contributed by atoms with E-state index in [1.165, 1.54) is 0 Å². The number of carboxylic acid groups (broad SMARTS) is 1. The molecule has 3 rings (SSSR count). The molecule has 152 valence electrons. The minimum Gasteiger partial charge on any atom is -0.481 e. The van der Waals surface area contributed by atoms with E-state index in [2.05, 4.69) is 0 Å². The SMILES string of the molecule is CCc1ccccc1N1C[C@H](C(=O)N(CCC(=O)O)C2CCOCC2)CC1=O. The van der Waals surface area contributed by atoms with Crippen molar-refractivity contribution in [3.05, 3.63) is 29.8 Å². The molecule has 1 aromatic carbocycles. The van der Waals surface area contributed by atoms with Crippen molar-refractivity contribution in [3.63, 3.8) is 0 Å². The van der Waals surface area contributed by atoms with Crippen LogP contribution in [-0.4, -0.2) is 60.1 Å². The number of amides is 2. The van der Waals surface area contributed by atoms with Gasteiger partial charge in [0.2, 0.25) is 11.8 Å². The molecular formula is C21H28N2O5. The van der Waals surface area contributed by atoms with E-state index >= 15 is 0 Å². The molecule has 0 radical (unpaired) electrons. The Balaban J connectivity index is 1.75. The maximum Gasteiger partial charge on any atom is 0.305 e. The predicted octanol–water partition coefficient (Wildman–Crippen LogP) is 2.08. The number of benzene rings is 1. The zero-order valence-electron chi connectivity index (χ0n) is 16.3. The summed E-state index contributed by atoms with van der Waals surface area (Å²) in [5.41, 5.74) is 1.95. The minimum absolute atomic E-state index is 0.0207. The maximum absolute atomic E-state index is 13.2. The first-order valence-corrected chi connectivity index (χ1v) is 9.99. The number of nitrogens with zero attached hydrogens (tertiary/aromatic N) is 2. The lowest BCUT2D eigenvalue weighted by Gasteiger charge is -2.35. The summed E-state index contributed by atoms with van der Waals surface area (Å²) in [5.74, 6) is -1.53. The van der Waals surface area contributed by atoms with Gasteiger partial charge >= 0.3 is 5.97 Å². The van der Waals surface area contributed by atoms with E-state index in [-0.39, 0.29) is 37.2 Å². The molecule has 0 unspecified atom stereocenters. The summed E-state index contributed by atoms with van der Waals surface area (Å²) in [4.78, 5) is 40.4. The molecule has 2 saturated heterocycles. The average molecular weight is 388 g/mol. The lowest BCUT2D eigenvalue weighted by atomic mass is 10.0. The maximum atomic E-state index is 13.2. The van der Waals surface area contributed by atoms with Gasteiger partial charge in [-0.15, -0.1) is 0 Å². The first kappa shape index (κ1) is 20.3. The lowest BCUT2D eigenvalue weighted by Crippen LogP contribution is -2.47. The van der Waals surface area contributed by atoms with E-state index in [9.17, 15) is 14.4 Å². The van der Waals surface area contributed by atoms with E-state index in [0.717, 1.165) is 17.7 Å². The first-order chi connectivity index (χ1) is 13.5. The molecule has 1 N–H and O–H groups in total. The summed E-state index contributed by atoms with van der Waals surface area (Å²) in [7, 11) is 0. The van der Waals surface area contributed by atoms with Gasteiger partial charge in [-0.1, -0.05) is 25.1 Å². The Labute approximate surface area is 165 Å². The first-order valence-electron chi connectivity index (χ1n) is 9.99. The number of aliphatic carboxylic acids is 1. The highest BCUT2D eigenvalue weighted by molar-refractivity contribution is 6.01. The van der Waals surface area contributed by atoms with Crippen LogP contribution in [-0.2, 0) is 25.5 Å². The Bertz CT molecular complexity index is 729. The molecule has 7 heteroatoms. The molecule has 0 aromatic heterocycles. The molecule has 2 fully saturated rings. The average Bonchev–Trinajstić information content (AvgIpc) is 3.10. The highest BCUT2D eigenvalue weighted by Crippen LogP contribution is 2.30. The molecule has 2 amide bonds. The van der Waals surface area contributed by atoms with Crippen LogP contribution in [0.4, 0.5) is 5.69 Å². The van der Waals surface area contributed by atoms with Crippen LogP contribution in [0, 0.1) is 5.92 Å². The van der Waals surface area contributed by atoms with Gasteiger partial charge in [-0.05, 0) is 30.9 Å². The minimum atomic E-state index is -0.925. The second kappa shape index (κ2) is 9.19. The van der Waals surface area contributed by atoms with Crippen LogP contribution in [0.3, 0.4) is 0 Å². The molecule has 1 aromatic rings. The number of hydrogen-bond donors (Lipinski definition) is 1. The second-order valence-corrected chi connectivity index (χ2v) is 7.41. The summed E-state index contributed by atoms with van der Waals surface area (Å²) in [6.07, 6.45) is 2.30. The predicted molar refractivity (Wildman–Crippen MR) is 104 cm³/mol. The van der Waals surface area contributed by atoms with Gasteiger partial charge in [-0.25, -0.2) is 0 Å². The Morgan fingerprint density at radius 3 is 2.64 bits per heavy atom. The van der Waals surface area contributed by atoms with Crippen molar-refractivity contribution in [1.82, 2.24) is 4.90 Å². The van der Waals surface area contributed by atoms with Crippen LogP contribution in [0.5, 0.6) is 0 Å². The van der Waals surface area contributed by atoms with Crippen molar-refractivity contribution >= 4 is 23.5 Å². The number of carbonyl (C=O) groups excluding carboxylic acids is 2. The Morgan fingerprint density at radius 1 is 1.25 bits per heavy atom. The number of hydrogen-bond acceptors (Lipinski definition) is 4. The summed E-state index contributed by atoms with van der Waals surface area (Å²) in [6, 6.07) is 7.75. The normalized spacial score (nSPS) is 20.4. The molecule has 0 aliphatic carbocycles. The van der Waals surface area contributed by atoms with Crippen LogP contribution in [0.1, 0.15) is 38.2 Å². The smallest absolute Gasteiger partial charge is 0.305 e.